The van der Waals surface area contributed by atoms with Crippen molar-refractivity contribution in [2.75, 3.05) is 17.3 Å². The minimum Gasteiger partial charge on any atom is -0.497 e. The van der Waals surface area contributed by atoms with Crippen molar-refractivity contribution in [3.05, 3.63) is 112 Å². The average Bonchev–Trinajstić information content (AvgIpc) is 2.94. The fourth-order valence-electron chi connectivity index (χ4n) is 3.26. The summed E-state index contributed by atoms with van der Waals surface area (Å²) in [6.45, 7) is 0. The van der Waals surface area contributed by atoms with Gasteiger partial charge in [0.1, 0.15) is 16.4 Å². The zero-order valence-electron chi connectivity index (χ0n) is 20.3. The molecule has 1 heterocycles. The number of ether oxygens (including phenoxy) is 2. The van der Waals surface area contributed by atoms with E-state index in [2.05, 4.69) is 20.2 Å². The molecule has 0 amide bonds. The van der Waals surface area contributed by atoms with Crippen molar-refractivity contribution in [2.45, 2.75) is 4.90 Å². The molecule has 1 aromatic heterocycles. The van der Waals surface area contributed by atoms with Crippen molar-refractivity contribution in [1.82, 2.24) is 4.98 Å². The summed E-state index contributed by atoms with van der Waals surface area (Å²) < 4.78 is 39.0. The van der Waals surface area contributed by atoms with Gasteiger partial charge in [-0.2, -0.15) is 5.10 Å². The second-order valence-corrected chi connectivity index (χ2v) is 9.49. The number of anilines is 2. The van der Waals surface area contributed by atoms with Gasteiger partial charge in [0.15, 0.2) is 0 Å². The number of benzene rings is 3. The number of rotatable bonds is 10. The summed E-state index contributed by atoms with van der Waals surface area (Å²) >= 11 is 0. The Balaban J connectivity index is 1.49. The van der Waals surface area contributed by atoms with Gasteiger partial charge in [-0.15, -0.1) is 0 Å². The highest BCUT2D eigenvalue weighted by Gasteiger charge is 2.23. The van der Waals surface area contributed by atoms with E-state index in [1.165, 1.54) is 37.7 Å². The Morgan fingerprint density at radius 3 is 2.38 bits per heavy atom. The van der Waals surface area contributed by atoms with E-state index in [0.717, 1.165) is 12.1 Å². The number of hydrazone groups is 1. The molecule has 0 fully saturated rings. The van der Waals surface area contributed by atoms with Gasteiger partial charge in [0, 0.05) is 30.2 Å². The minimum absolute atomic E-state index is 0.0138. The Morgan fingerprint density at radius 1 is 1.03 bits per heavy atom. The quantitative estimate of drug-likeness (QED) is 0.0959. The molecule has 0 spiro atoms. The molecule has 0 aliphatic heterocycles. The van der Waals surface area contributed by atoms with Crippen LogP contribution in [-0.4, -0.2) is 37.6 Å². The van der Waals surface area contributed by atoms with Crippen LogP contribution >= 0.6 is 0 Å². The van der Waals surface area contributed by atoms with Crippen LogP contribution in [0.2, 0.25) is 0 Å². The lowest BCUT2D eigenvalue weighted by Crippen LogP contribution is -2.15. The highest BCUT2D eigenvalue weighted by Crippen LogP contribution is 2.29. The summed E-state index contributed by atoms with van der Waals surface area (Å²) in [5, 5.41) is 15.3. The van der Waals surface area contributed by atoms with Crippen LogP contribution in [0.4, 0.5) is 17.1 Å². The summed E-state index contributed by atoms with van der Waals surface area (Å²) in [6.07, 6.45) is 4.35. The van der Waals surface area contributed by atoms with Crippen LogP contribution in [0.15, 0.2) is 101 Å². The number of nitro groups is 1. The van der Waals surface area contributed by atoms with Crippen LogP contribution in [0, 0.1) is 10.1 Å². The van der Waals surface area contributed by atoms with E-state index < -0.39 is 26.6 Å². The molecular formula is C26H21N5O7S. The fourth-order valence-corrected chi connectivity index (χ4v) is 4.49. The smallest absolute Gasteiger partial charge is 0.345 e. The molecule has 0 unspecified atom stereocenters. The van der Waals surface area contributed by atoms with Gasteiger partial charge in [-0.25, -0.2) is 13.2 Å². The first-order valence-electron chi connectivity index (χ1n) is 11.2. The number of sulfonamides is 1. The number of pyridine rings is 1. The predicted molar refractivity (Wildman–Crippen MR) is 144 cm³/mol. The first kappa shape index (κ1) is 26.8. The highest BCUT2D eigenvalue weighted by atomic mass is 32.2. The maximum absolute atomic E-state index is 13.1. The van der Waals surface area contributed by atoms with E-state index in [1.807, 2.05) is 0 Å². The Bertz CT molecular complexity index is 1610. The van der Waals surface area contributed by atoms with Crippen LogP contribution in [0.5, 0.6) is 11.5 Å². The molecule has 4 aromatic rings. The van der Waals surface area contributed by atoms with E-state index in [1.54, 1.807) is 54.7 Å². The maximum atomic E-state index is 13.1. The molecule has 0 aliphatic rings. The van der Waals surface area contributed by atoms with Crippen LogP contribution in [-0.2, 0) is 10.0 Å². The number of hydrogen-bond acceptors (Lipinski definition) is 10. The van der Waals surface area contributed by atoms with Crippen molar-refractivity contribution < 1.29 is 27.6 Å². The number of nitrogens with zero attached hydrogens (tertiary/aromatic N) is 3. The summed E-state index contributed by atoms with van der Waals surface area (Å²) in [5.41, 5.74) is 3.38. The van der Waals surface area contributed by atoms with Crippen LogP contribution in [0.25, 0.3) is 0 Å². The molecule has 13 heteroatoms. The van der Waals surface area contributed by atoms with Gasteiger partial charge >= 0.3 is 5.97 Å². The predicted octanol–water partition coefficient (Wildman–Crippen LogP) is 4.46. The van der Waals surface area contributed by atoms with Crippen molar-refractivity contribution in [3.8, 4) is 11.5 Å². The van der Waals surface area contributed by atoms with Gasteiger partial charge in [-0.1, -0.05) is 0 Å². The molecule has 4 rings (SSSR count). The molecule has 198 valence electrons. The van der Waals surface area contributed by atoms with Crippen LogP contribution < -0.4 is 19.6 Å². The van der Waals surface area contributed by atoms with E-state index in [-0.39, 0.29) is 16.3 Å². The van der Waals surface area contributed by atoms with Crippen molar-refractivity contribution in [3.63, 3.8) is 0 Å². The number of nitrogens with one attached hydrogen (secondary N) is 2. The summed E-state index contributed by atoms with van der Waals surface area (Å²) in [4.78, 5) is 26.2. The third-order valence-corrected chi connectivity index (χ3v) is 6.62. The highest BCUT2D eigenvalue weighted by molar-refractivity contribution is 7.92. The standard InChI is InChI=1S/C26H21N5O7S/c1-37-22-11-6-20(7-12-22)30-39(35,36)25-15-21(31(33)34)8-13-24(25)29-28-16-18-4-9-23(10-5-18)38-26(32)19-3-2-14-27-17-19/h2-17,29-30H,1H3/b28-16+. The summed E-state index contributed by atoms with van der Waals surface area (Å²) in [7, 11) is -2.76. The number of carbonyl (C=O) groups excluding carboxylic acids is 1. The van der Waals surface area contributed by atoms with Gasteiger partial charge in [-0.3, -0.25) is 25.2 Å². The molecule has 0 aliphatic carbocycles. The molecule has 0 saturated heterocycles. The zero-order valence-corrected chi connectivity index (χ0v) is 21.2. The first-order chi connectivity index (χ1) is 18.7. The summed E-state index contributed by atoms with van der Waals surface area (Å²) in [5.74, 6) is 0.285. The van der Waals surface area contributed by atoms with Gasteiger partial charge in [-0.05, 0) is 72.3 Å². The van der Waals surface area contributed by atoms with Crippen LogP contribution in [0.1, 0.15) is 15.9 Å². The number of methoxy groups -OCH3 is 1. The normalized spacial score (nSPS) is 11.1. The first-order valence-corrected chi connectivity index (χ1v) is 12.7. The van der Waals surface area contributed by atoms with Crippen molar-refractivity contribution >= 4 is 39.3 Å². The number of non-ortho nitro benzene ring substituents is 1. The number of aromatic nitrogens is 1. The molecule has 3 aromatic carbocycles. The van der Waals surface area contributed by atoms with Gasteiger partial charge in [0.05, 0.1) is 29.5 Å². The van der Waals surface area contributed by atoms with Crippen molar-refractivity contribution in [2.24, 2.45) is 5.10 Å². The second kappa shape index (κ2) is 11.8. The van der Waals surface area contributed by atoms with Gasteiger partial charge in [0.25, 0.3) is 15.7 Å². The molecule has 39 heavy (non-hydrogen) atoms. The molecule has 0 radical (unpaired) electrons. The zero-order chi connectivity index (χ0) is 27.8. The van der Waals surface area contributed by atoms with Gasteiger partial charge < -0.3 is 9.47 Å². The monoisotopic (exact) mass is 547 g/mol. The Hall–Kier alpha value is -5.30. The Labute approximate surface area is 223 Å². The lowest BCUT2D eigenvalue weighted by atomic mass is 10.2. The minimum atomic E-state index is -4.24. The number of carbonyl (C=O) groups is 1. The van der Waals surface area contributed by atoms with E-state index in [9.17, 15) is 23.3 Å². The molecule has 0 atom stereocenters. The topological polar surface area (TPSA) is 162 Å². The molecule has 12 nitrogen and oxygen atoms in total. The number of nitro benzene ring substituents is 1. The Morgan fingerprint density at radius 2 is 1.74 bits per heavy atom. The van der Waals surface area contributed by atoms with E-state index in [0.29, 0.717) is 22.6 Å². The average molecular weight is 548 g/mol. The number of hydrogen-bond donors (Lipinski definition) is 2. The molecule has 2 N–H and O–H groups in total. The lowest BCUT2D eigenvalue weighted by Gasteiger charge is -2.12. The second-order valence-electron chi connectivity index (χ2n) is 7.84. The third kappa shape index (κ3) is 6.93. The van der Waals surface area contributed by atoms with Crippen molar-refractivity contribution in [1.29, 1.82) is 0 Å². The summed E-state index contributed by atoms with van der Waals surface area (Å²) in [6, 6.07) is 19.1. The lowest BCUT2D eigenvalue weighted by molar-refractivity contribution is -0.385. The van der Waals surface area contributed by atoms with Gasteiger partial charge in [0.2, 0.25) is 0 Å². The fraction of sp³-hybridized carbons (Fsp3) is 0.0385. The van der Waals surface area contributed by atoms with E-state index in [4.69, 9.17) is 9.47 Å². The SMILES string of the molecule is COc1ccc(NS(=O)(=O)c2cc([N+](=O)[O-])ccc2N/N=C/c2ccc(OC(=O)c3cccnc3)cc2)cc1. The van der Waals surface area contributed by atoms with Crippen LogP contribution in [0.3, 0.4) is 0 Å². The third-order valence-electron chi connectivity index (χ3n) is 5.19. The molecular weight excluding hydrogens is 526 g/mol. The Kier molecular flexibility index (Phi) is 8.12. The molecule has 0 bridgehead atoms. The van der Waals surface area contributed by atoms with E-state index >= 15 is 0 Å². The number of esters is 1. The largest absolute Gasteiger partial charge is 0.497 e. The maximum Gasteiger partial charge on any atom is 0.345 e. The molecule has 0 saturated carbocycles.